The molecule has 1 aromatic carbocycles. The van der Waals surface area contributed by atoms with E-state index < -0.39 is 71.0 Å². The Balaban J connectivity index is 3.65. The van der Waals surface area contributed by atoms with Gasteiger partial charge < -0.3 is 4.74 Å². The van der Waals surface area contributed by atoms with Crippen LogP contribution in [-0.4, -0.2) is 54.7 Å². The van der Waals surface area contributed by atoms with Crippen LogP contribution in [0.5, 0.6) is 0 Å². The van der Waals surface area contributed by atoms with Gasteiger partial charge in [0.15, 0.2) is 0 Å². The standard InChI is InChI=1S/C18H12F18O/c1-10(37-2,8-3-5-9(19)6-4-8)7-11(20,21)12(22,23)13(24,25)14(26,27)15(28,29)16(30,31)17(32,33)18(34,35)36/h3-6H,7H2,1-2H3. The van der Waals surface area contributed by atoms with Gasteiger partial charge in [0.1, 0.15) is 5.82 Å². The van der Waals surface area contributed by atoms with E-state index in [0.29, 0.717) is 38.3 Å². The molecule has 0 aliphatic rings. The molecule has 0 heterocycles. The minimum Gasteiger partial charge on any atom is -0.374 e. The highest BCUT2D eigenvalue weighted by molar-refractivity contribution is 5.24. The summed E-state index contributed by atoms with van der Waals surface area (Å²) in [4.78, 5) is 0. The Kier molecular flexibility index (Phi) is 8.01. The smallest absolute Gasteiger partial charge is 0.374 e. The monoisotopic (exact) mass is 586 g/mol. The number of hydrogen-bond donors (Lipinski definition) is 0. The van der Waals surface area contributed by atoms with Crippen molar-refractivity contribution in [2.45, 2.75) is 66.6 Å². The van der Waals surface area contributed by atoms with E-state index in [2.05, 4.69) is 4.74 Å². The molecule has 1 rings (SSSR count). The van der Waals surface area contributed by atoms with Crippen molar-refractivity contribution in [1.82, 2.24) is 0 Å². The maximum absolute atomic E-state index is 14.3. The number of benzene rings is 1. The lowest BCUT2D eigenvalue weighted by molar-refractivity contribution is -0.462. The quantitative estimate of drug-likeness (QED) is 0.252. The normalized spacial score (nSPS) is 17.1. The number of rotatable bonds is 10. The maximum Gasteiger partial charge on any atom is 0.460 e. The van der Waals surface area contributed by atoms with Crippen LogP contribution in [0, 0.1) is 5.82 Å². The molecular formula is C18H12F18O. The molecule has 0 aromatic heterocycles. The molecule has 216 valence electrons. The minimum atomic E-state index is -8.69. The van der Waals surface area contributed by atoms with E-state index in [1.807, 2.05) is 0 Å². The number of alkyl halides is 17. The third-order valence-corrected chi connectivity index (χ3v) is 5.25. The first-order valence-electron chi connectivity index (χ1n) is 9.04. The summed E-state index contributed by atoms with van der Waals surface area (Å²) >= 11 is 0. The van der Waals surface area contributed by atoms with Gasteiger partial charge in [0.05, 0.1) is 12.0 Å². The molecule has 0 bridgehead atoms. The summed E-state index contributed by atoms with van der Waals surface area (Å²) in [5, 5.41) is 0. The lowest BCUT2D eigenvalue weighted by Crippen LogP contribution is -2.74. The fraction of sp³-hybridized carbons (Fsp3) is 0.667. The first-order valence-corrected chi connectivity index (χ1v) is 9.04. The molecule has 0 fully saturated rings. The molecule has 0 spiro atoms. The average Bonchev–Trinajstić information content (AvgIpc) is 2.72. The second-order valence-electron chi connectivity index (χ2n) is 7.77. The SMILES string of the molecule is COC(C)(CC(F)(F)C(F)(F)C(F)(F)C(F)(F)C(F)(F)C(F)(F)C(F)(F)C(F)(F)F)c1ccc(F)cc1. The van der Waals surface area contributed by atoms with E-state index in [0.717, 1.165) is 0 Å². The van der Waals surface area contributed by atoms with Crippen molar-refractivity contribution in [2.75, 3.05) is 7.11 Å². The van der Waals surface area contributed by atoms with E-state index in [1.54, 1.807) is 0 Å². The largest absolute Gasteiger partial charge is 0.460 e. The summed E-state index contributed by atoms with van der Waals surface area (Å²) in [5.74, 6) is -58.0. The van der Waals surface area contributed by atoms with Crippen molar-refractivity contribution >= 4 is 0 Å². The summed E-state index contributed by atoms with van der Waals surface area (Å²) in [7, 11) is 0.457. The zero-order valence-corrected chi connectivity index (χ0v) is 17.7. The third-order valence-electron chi connectivity index (χ3n) is 5.25. The predicted molar refractivity (Wildman–Crippen MR) is 86.1 cm³/mol. The summed E-state index contributed by atoms with van der Waals surface area (Å²) in [6.45, 7) is 0.410. The van der Waals surface area contributed by atoms with Gasteiger partial charge in [-0.1, -0.05) is 12.1 Å². The molecule has 0 saturated carbocycles. The third kappa shape index (κ3) is 4.68. The van der Waals surface area contributed by atoms with Gasteiger partial charge in [-0.2, -0.15) is 74.6 Å². The first-order chi connectivity index (χ1) is 16.0. The molecule has 1 unspecified atom stereocenters. The average molecular weight is 586 g/mol. The summed E-state index contributed by atoms with van der Waals surface area (Å²) < 4.78 is 245. The van der Waals surface area contributed by atoms with Crippen LogP contribution in [0.4, 0.5) is 79.0 Å². The van der Waals surface area contributed by atoms with Gasteiger partial charge in [-0.25, -0.2) is 4.39 Å². The molecule has 19 heteroatoms. The highest BCUT2D eigenvalue weighted by Crippen LogP contribution is 2.64. The lowest BCUT2D eigenvalue weighted by atomic mass is 9.83. The summed E-state index contributed by atoms with van der Waals surface area (Å²) in [6, 6.07) is 2.09. The van der Waals surface area contributed by atoms with Gasteiger partial charge in [0.25, 0.3) is 0 Å². The zero-order chi connectivity index (χ0) is 29.9. The zero-order valence-electron chi connectivity index (χ0n) is 17.7. The number of hydrogen-bond acceptors (Lipinski definition) is 1. The lowest BCUT2D eigenvalue weighted by Gasteiger charge is -2.44. The molecule has 0 radical (unpaired) electrons. The summed E-state index contributed by atoms with van der Waals surface area (Å²) in [6.07, 6.45) is -10.6. The highest BCUT2D eigenvalue weighted by atomic mass is 19.4. The van der Waals surface area contributed by atoms with Crippen LogP contribution >= 0.6 is 0 Å². The van der Waals surface area contributed by atoms with Gasteiger partial charge in [-0.3, -0.25) is 0 Å². The molecule has 0 N–H and O–H groups in total. The number of halogens is 18. The first kappa shape index (κ1) is 32.9. The Hall–Kier alpha value is -2.08. The van der Waals surface area contributed by atoms with Crippen molar-refractivity contribution in [3.05, 3.63) is 35.6 Å². The number of methoxy groups -OCH3 is 1. The minimum absolute atomic E-state index is 0.410. The molecule has 0 aliphatic carbocycles. The van der Waals surface area contributed by atoms with Gasteiger partial charge in [-0.05, 0) is 24.6 Å². The second kappa shape index (κ2) is 9.00. The van der Waals surface area contributed by atoms with Crippen LogP contribution in [0.3, 0.4) is 0 Å². The molecular weight excluding hydrogens is 574 g/mol. The Bertz CT molecular complexity index is 948. The van der Waals surface area contributed by atoms with Crippen LogP contribution in [0.1, 0.15) is 18.9 Å². The Morgan fingerprint density at radius 2 is 0.865 bits per heavy atom. The molecule has 1 atom stereocenters. The van der Waals surface area contributed by atoms with E-state index in [1.165, 1.54) is 0 Å². The van der Waals surface area contributed by atoms with Crippen LogP contribution in [0.25, 0.3) is 0 Å². The highest BCUT2D eigenvalue weighted by Gasteiger charge is 2.95. The van der Waals surface area contributed by atoms with E-state index in [4.69, 9.17) is 0 Å². The fourth-order valence-corrected chi connectivity index (χ4v) is 2.83. The van der Waals surface area contributed by atoms with E-state index >= 15 is 0 Å². The fourth-order valence-electron chi connectivity index (χ4n) is 2.83. The van der Waals surface area contributed by atoms with Crippen LogP contribution in [-0.2, 0) is 10.3 Å². The number of ether oxygens (including phenoxy) is 1. The van der Waals surface area contributed by atoms with E-state index in [-0.39, 0.29) is 0 Å². The van der Waals surface area contributed by atoms with Gasteiger partial charge in [-0.15, -0.1) is 0 Å². The van der Waals surface area contributed by atoms with Crippen LogP contribution in [0.2, 0.25) is 0 Å². The van der Waals surface area contributed by atoms with Crippen molar-refractivity contribution < 1.29 is 83.8 Å². The second-order valence-corrected chi connectivity index (χ2v) is 7.77. The Labute approximate surface area is 194 Å². The van der Waals surface area contributed by atoms with Gasteiger partial charge in [0.2, 0.25) is 0 Å². The van der Waals surface area contributed by atoms with Gasteiger partial charge in [0, 0.05) is 7.11 Å². The van der Waals surface area contributed by atoms with Crippen LogP contribution in [0.15, 0.2) is 24.3 Å². The van der Waals surface area contributed by atoms with Gasteiger partial charge >= 0.3 is 47.6 Å². The predicted octanol–water partition coefficient (Wildman–Crippen LogP) is 8.09. The summed E-state index contributed by atoms with van der Waals surface area (Å²) in [5.41, 5.74) is -3.65. The molecule has 0 aliphatic heterocycles. The van der Waals surface area contributed by atoms with E-state index in [9.17, 15) is 79.0 Å². The molecule has 1 nitrogen and oxygen atoms in total. The van der Waals surface area contributed by atoms with Crippen LogP contribution < -0.4 is 0 Å². The molecule has 0 amide bonds. The Morgan fingerprint density at radius 3 is 1.19 bits per heavy atom. The van der Waals surface area contributed by atoms with Crippen molar-refractivity contribution in [3.63, 3.8) is 0 Å². The van der Waals surface area contributed by atoms with Crippen molar-refractivity contribution in [3.8, 4) is 0 Å². The molecule has 37 heavy (non-hydrogen) atoms. The topological polar surface area (TPSA) is 9.23 Å². The molecule has 1 aromatic rings. The molecule has 0 saturated heterocycles. The van der Waals surface area contributed by atoms with Crippen molar-refractivity contribution in [2.24, 2.45) is 0 Å². The Morgan fingerprint density at radius 1 is 0.541 bits per heavy atom. The van der Waals surface area contributed by atoms with Crippen molar-refractivity contribution in [1.29, 1.82) is 0 Å². The maximum atomic E-state index is 14.3.